The summed E-state index contributed by atoms with van der Waals surface area (Å²) in [6.45, 7) is 4.68. The maximum Gasteiger partial charge on any atom is 0.0542 e. The van der Waals surface area contributed by atoms with Gasteiger partial charge in [-0.2, -0.15) is 0 Å². The third kappa shape index (κ3) is 3.79. The van der Waals surface area contributed by atoms with E-state index < -0.39 is 0 Å². The molecule has 0 bridgehead atoms. The molecule has 0 amide bonds. The molecule has 0 fully saturated rings. The molecule has 7 aromatic rings. The molecule has 43 heavy (non-hydrogen) atoms. The lowest BCUT2D eigenvalue weighted by atomic mass is 9.74. The zero-order valence-electron chi connectivity index (χ0n) is 24.7. The molecule has 208 valence electrons. The predicted molar refractivity (Wildman–Crippen MR) is 182 cm³/mol. The van der Waals surface area contributed by atoms with Gasteiger partial charge in [0.1, 0.15) is 0 Å². The molecule has 0 radical (unpaired) electrons. The van der Waals surface area contributed by atoms with Crippen molar-refractivity contribution in [3.8, 4) is 16.8 Å². The first-order chi connectivity index (χ1) is 21.2. The van der Waals surface area contributed by atoms with Crippen LogP contribution in [0, 0.1) is 0 Å². The van der Waals surface area contributed by atoms with E-state index in [1.165, 1.54) is 55.4 Å². The van der Waals surface area contributed by atoms with E-state index in [1.807, 2.05) is 0 Å². The molecule has 2 nitrogen and oxygen atoms in total. The highest BCUT2D eigenvalue weighted by Gasteiger charge is 2.40. The first-order valence-electron chi connectivity index (χ1n) is 15.4. The Balaban J connectivity index is 1.36. The van der Waals surface area contributed by atoms with E-state index in [0.717, 1.165) is 24.2 Å². The van der Waals surface area contributed by atoms with Gasteiger partial charge >= 0.3 is 0 Å². The SMILES string of the molecule is CCC1(CC)c2ccccc2-c2ccc(N(c3ccccc3)c3ccc4c(c3)c3ccccc3n4-c3ccccc3)cc21. The molecular formula is C41H34N2. The number of aromatic nitrogens is 1. The molecule has 1 aromatic heterocycles. The van der Waals surface area contributed by atoms with Gasteiger partial charge < -0.3 is 9.47 Å². The molecule has 0 aliphatic heterocycles. The van der Waals surface area contributed by atoms with Gasteiger partial charge in [-0.15, -0.1) is 0 Å². The lowest BCUT2D eigenvalue weighted by molar-refractivity contribution is 0.490. The van der Waals surface area contributed by atoms with E-state index in [0.29, 0.717) is 0 Å². The van der Waals surface area contributed by atoms with E-state index in [-0.39, 0.29) is 5.41 Å². The largest absolute Gasteiger partial charge is 0.310 e. The third-order valence-electron chi connectivity index (χ3n) is 9.66. The van der Waals surface area contributed by atoms with Crippen molar-refractivity contribution in [2.75, 3.05) is 4.90 Å². The number of hydrogen-bond donors (Lipinski definition) is 0. The van der Waals surface area contributed by atoms with Crippen LogP contribution in [0.4, 0.5) is 17.1 Å². The Morgan fingerprint density at radius 2 is 1.09 bits per heavy atom. The van der Waals surface area contributed by atoms with Crippen LogP contribution in [-0.4, -0.2) is 4.57 Å². The molecule has 0 spiro atoms. The summed E-state index contributed by atoms with van der Waals surface area (Å²) in [5.74, 6) is 0. The van der Waals surface area contributed by atoms with Crippen LogP contribution in [0.25, 0.3) is 38.6 Å². The van der Waals surface area contributed by atoms with Gasteiger partial charge in [-0.1, -0.05) is 98.8 Å². The number of para-hydroxylation sites is 3. The van der Waals surface area contributed by atoms with Crippen molar-refractivity contribution in [1.82, 2.24) is 4.57 Å². The maximum atomic E-state index is 2.47. The van der Waals surface area contributed by atoms with E-state index in [9.17, 15) is 0 Å². The summed E-state index contributed by atoms with van der Waals surface area (Å²) in [6, 6.07) is 53.3. The second kappa shape index (κ2) is 10.0. The summed E-state index contributed by atoms with van der Waals surface area (Å²) in [4.78, 5) is 2.42. The summed E-state index contributed by atoms with van der Waals surface area (Å²) in [7, 11) is 0. The van der Waals surface area contributed by atoms with Gasteiger partial charge in [-0.3, -0.25) is 0 Å². The molecule has 8 rings (SSSR count). The molecule has 0 saturated carbocycles. The summed E-state index contributed by atoms with van der Waals surface area (Å²) in [5, 5.41) is 2.51. The van der Waals surface area contributed by atoms with E-state index in [4.69, 9.17) is 0 Å². The molecule has 0 unspecified atom stereocenters. The highest BCUT2D eigenvalue weighted by Crippen LogP contribution is 2.54. The first kappa shape index (κ1) is 25.6. The normalized spacial score (nSPS) is 13.3. The average Bonchev–Trinajstić information content (AvgIpc) is 3.55. The van der Waals surface area contributed by atoms with Crippen molar-refractivity contribution in [1.29, 1.82) is 0 Å². The van der Waals surface area contributed by atoms with Crippen LogP contribution in [-0.2, 0) is 5.41 Å². The minimum Gasteiger partial charge on any atom is -0.310 e. The van der Waals surface area contributed by atoms with Crippen LogP contribution < -0.4 is 4.90 Å². The highest BCUT2D eigenvalue weighted by molar-refractivity contribution is 6.10. The van der Waals surface area contributed by atoms with E-state index in [1.54, 1.807) is 0 Å². The summed E-state index contributed by atoms with van der Waals surface area (Å²) in [5.41, 5.74) is 12.8. The quantitative estimate of drug-likeness (QED) is 0.198. The molecule has 0 N–H and O–H groups in total. The fraction of sp³-hybridized carbons (Fsp3) is 0.122. The molecule has 0 saturated heterocycles. The maximum absolute atomic E-state index is 2.47. The average molecular weight is 555 g/mol. The van der Waals surface area contributed by atoms with Crippen molar-refractivity contribution < 1.29 is 0 Å². The standard InChI is InChI=1S/C41H34N2/c1-3-41(4-2)37-21-13-11-19-33(37)34-25-23-32(28-38(34)41)42(29-15-7-5-8-16-29)31-24-26-40-36(27-31)35-20-12-14-22-39(35)43(40)30-17-9-6-10-18-30/h5-28H,3-4H2,1-2H3. The molecule has 6 aromatic carbocycles. The zero-order chi connectivity index (χ0) is 29.0. The van der Waals surface area contributed by atoms with Crippen LogP contribution >= 0.6 is 0 Å². The van der Waals surface area contributed by atoms with E-state index in [2.05, 4.69) is 169 Å². The van der Waals surface area contributed by atoms with Crippen molar-refractivity contribution in [3.63, 3.8) is 0 Å². The predicted octanol–water partition coefficient (Wildman–Crippen LogP) is 11.3. The summed E-state index contributed by atoms with van der Waals surface area (Å²) < 4.78 is 2.38. The van der Waals surface area contributed by atoms with Crippen molar-refractivity contribution >= 4 is 38.9 Å². The van der Waals surface area contributed by atoms with Crippen LogP contribution in [0.5, 0.6) is 0 Å². The Morgan fingerprint density at radius 1 is 0.488 bits per heavy atom. The van der Waals surface area contributed by atoms with Crippen LogP contribution in [0.1, 0.15) is 37.8 Å². The monoisotopic (exact) mass is 554 g/mol. The molecule has 1 heterocycles. The number of anilines is 3. The van der Waals surface area contributed by atoms with Crippen molar-refractivity contribution in [2.45, 2.75) is 32.1 Å². The van der Waals surface area contributed by atoms with Gasteiger partial charge in [-0.25, -0.2) is 0 Å². The fourth-order valence-electron chi connectivity index (χ4n) is 7.57. The Morgan fingerprint density at radius 3 is 1.88 bits per heavy atom. The first-order valence-corrected chi connectivity index (χ1v) is 15.4. The summed E-state index contributed by atoms with van der Waals surface area (Å²) >= 11 is 0. The van der Waals surface area contributed by atoms with Crippen LogP contribution in [0.2, 0.25) is 0 Å². The topological polar surface area (TPSA) is 8.17 Å². The highest BCUT2D eigenvalue weighted by atomic mass is 15.1. The number of hydrogen-bond acceptors (Lipinski definition) is 1. The Labute approximate surface area is 253 Å². The molecule has 0 atom stereocenters. The lowest BCUT2D eigenvalue weighted by Gasteiger charge is -2.31. The zero-order valence-corrected chi connectivity index (χ0v) is 24.7. The lowest BCUT2D eigenvalue weighted by Crippen LogP contribution is -2.23. The smallest absolute Gasteiger partial charge is 0.0542 e. The second-order valence-corrected chi connectivity index (χ2v) is 11.6. The van der Waals surface area contributed by atoms with Gasteiger partial charge in [0.05, 0.1) is 11.0 Å². The van der Waals surface area contributed by atoms with E-state index >= 15 is 0 Å². The molecule has 1 aliphatic carbocycles. The Bertz CT molecular complexity index is 2100. The number of rotatable bonds is 6. The van der Waals surface area contributed by atoms with Gasteiger partial charge in [-0.05, 0) is 95.8 Å². The second-order valence-electron chi connectivity index (χ2n) is 11.6. The number of benzene rings is 6. The molecular weight excluding hydrogens is 520 g/mol. The fourth-order valence-corrected chi connectivity index (χ4v) is 7.57. The molecule has 1 aliphatic rings. The van der Waals surface area contributed by atoms with Gasteiger partial charge in [0.15, 0.2) is 0 Å². The minimum atomic E-state index is 0.0252. The Kier molecular flexibility index (Phi) is 5.97. The summed E-state index contributed by atoms with van der Waals surface area (Å²) in [6.07, 6.45) is 2.15. The number of fused-ring (bicyclic) bond motifs is 6. The van der Waals surface area contributed by atoms with Crippen molar-refractivity contribution in [3.05, 3.63) is 157 Å². The minimum absolute atomic E-state index is 0.0252. The van der Waals surface area contributed by atoms with Crippen molar-refractivity contribution in [2.24, 2.45) is 0 Å². The van der Waals surface area contributed by atoms with Crippen LogP contribution in [0.15, 0.2) is 146 Å². The third-order valence-corrected chi connectivity index (χ3v) is 9.66. The van der Waals surface area contributed by atoms with Crippen LogP contribution in [0.3, 0.4) is 0 Å². The van der Waals surface area contributed by atoms with Gasteiger partial charge in [0.25, 0.3) is 0 Å². The number of nitrogens with zero attached hydrogens (tertiary/aromatic N) is 2. The Hall–Kier alpha value is -5.08. The van der Waals surface area contributed by atoms with Gasteiger partial charge in [0.2, 0.25) is 0 Å². The van der Waals surface area contributed by atoms with Gasteiger partial charge in [0, 0.05) is 38.9 Å². The molecule has 2 heteroatoms.